The third kappa shape index (κ3) is 4.30. The van der Waals surface area contributed by atoms with Crippen molar-refractivity contribution in [3.8, 4) is 28.6 Å². The second-order valence-electron chi connectivity index (χ2n) is 9.46. The highest BCUT2D eigenvalue weighted by atomic mass is 32.2. The van der Waals surface area contributed by atoms with E-state index >= 15 is 0 Å². The number of nitrogens with zero attached hydrogens (tertiary/aromatic N) is 3. The standard InChI is InChI=1S/C31H22N4O4S/c36-27-16-22(15-21-11-6-10-19-7-4-5-12-23(19)21)28(26-17-24(34-39-26)20-8-2-1-3-9-20)29-35(27)25(18-40-29)30(37)38-31-32-13-14-33-31/h1-14,16-17,25H,15,18H2,(H,32,33). The van der Waals surface area contributed by atoms with Gasteiger partial charge < -0.3 is 14.2 Å². The highest BCUT2D eigenvalue weighted by Gasteiger charge is 2.36. The van der Waals surface area contributed by atoms with Gasteiger partial charge in [0.15, 0.2) is 5.76 Å². The summed E-state index contributed by atoms with van der Waals surface area (Å²) in [5, 5.41) is 7.23. The first-order valence-corrected chi connectivity index (χ1v) is 13.8. The van der Waals surface area contributed by atoms with Gasteiger partial charge >= 0.3 is 12.0 Å². The SMILES string of the molecule is O=C(Oc1ncc[nH]1)C1CSc2c(-c3cc(-c4ccccc4)no3)c(Cc3cccc4ccccc34)cc(=O)n21. The Hall–Kier alpha value is -4.89. The molecule has 0 saturated heterocycles. The molecule has 1 aliphatic heterocycles. The van der Waals surface area contributed by atoms with Gasteiger partial charge in [0.05, 0.1) is 10.6 Å². The fourth-order valence-electron chi connectivity index (χ4n) is 5.15. The molecule has 40 heavy (non-hydrogen) atoms. The maximum Gasteiger partial charge on any atom is 0.337 e. The minimum Gasteiger partial charge on any atom is -0.391 e. The molecule has 3 aromatic carbocycles. The minimum absolute atomic E-state index is 0.0898. The minimum atomic E-state index is -0.806. The lowest BCUT2D eigenvalue weighted by Gasteiger charge is -2.16. The van der Waals surface area contributed by atoms with Crippen LogP contribution in [0, 0.1) is 0 Å². The van der Waals surface area contributed by atoms with Crippen molar-refractivity contribution in [2.75, 3.05) is 5.75 Å². The molecule has 0 radical (unpaired) electrons. The lowest BCUT2D eigenvalue weighted by Crippen LogP contribution is -2.32. The van der Waals surface area contributed by atoms with Gasteiger partial charge in [0.2, 0.25) is 0 Å². The highest BCUT2D eigenvalue weighted by Crippen LogP contribution is 2.42. The van der Waals surface area contributed by atoms with E-state index in [0.717, 1.165) is 33.0 Å². The fourth-order valence-corrected chi connectivity index (χ4v) is 6.49. The van der Waals surface area contributed by atoms with Crippen LogP contribution in [0.1, 0.15) is 17.2 Å². The molecular weight excluding hydrogens is 524 g/mol. The van der Waals surface area contributed by atoms with Crippen molar-refractivity contribution in [1.82, 2.24) is 19.7 Å². The Balaban J connectivity index is 1.36. The van der Waals surface area contributed by atoms with E-state index in [9.17, 15) is 9.59 Å². The summed E-state index contributed by atoms with van der Waals surface area (Å²) < 4.78 is 12.8. The predicted molar refractivity (Wildman–Crippen MR) is 152 cm³/mol. The van der Waals surface area contributed by atoms with Crippen LogP contribution in [-0.4, -0.2) is 31.4 Å². The lowest BCUT2D eigenvalue weighted by molar-refractivity contribution is -0.138. The van der Waals surface area contributed by atoms with Crippen molar-refractivity contribution in [2.24, 2.45) is 0 Å². The van der Waals surface area contributed by atoms with Gasteiger partial charge in [-0.05, 0) is 28.3 Å². The number of imidazole rings is 1. The number of aromatic nitrogens is 4. The van der Waals surface area contributed by atoms with Crippen molar-refractivity contribution in [2.45, 2.75) is 17.5 Å². The third-order valence-corrected chi connectivity index (χ3v) is 8.16. The first-order chi connectivity index (χ1) is 19.7. The molecular formula is C31H22N4O4S. The Morgan fingerprint density at radius 2 is 1.85 bits per heavy atom. The van der Waals surface area contributed by atoms with Gasteiger partial charge in [-0.25, -0.2) is 9.78 Å². The molecule has 1 N–H and O–H groups in total. The predicted octanol–water partition coefficient (Wildman–Crippen LogP) is 5.89. The normalized spacial score (nSPS) is 14.3. The van der Waals surface area contributed by atoms with E-state index in [-0.39, 0.29) is 11.6 Å². The van der Waals surface area contributed by atoms with Crippen LogP contribution in [0.2, 0.25) is 0 Å². The highest BCUT2D eigenvalue weighted by molar-refractivity contribution is 7.99. The van der Waals surface area contributed by atoms with E-state index < -0.39 is 12.0 Å². The molecule has 1 unspecified atom stereocenters. The number of benzene rings is 3. The summed E-state index contributed by atoms with van der Waals surface area (Å²) in [5.74, 6) is 0.322. The monoisotopic (exact) mass is 546 g/mol. The van der Waals surface area contributed by atoms with E-state index in [1.54, 1.807) is 12.3 Å². The van der Waals surface area contributed by atoms with Crippen LogP contribution in [0.4, 0.5) is 0 Å². The molecule has 9 heteroatoms. The van der Waals surface area contributed by atoms with E-state index in [0.29, 0.717) is 28.7 Å². The molecule has 3 aromatic heterocycles. The number of hydrogen-bond acceptors (Lipinski definition) is 7. The number of ether oxygens (including phenoxy) is 1. The Morgan fingerprint density at radius 3 is 2.70 bits per heavy atom. The molecule has 0 saturated carbocycles. The zero-order valence-corrected chi connectivity index (χ0v) is 21.9. The van der Waals surface area contributed by atoms with Crippen LogP contribution in [0.15, 0.2) is 112 Å². The molecule has 1 atom stereocenters. The molecule has 7 rings (SSSR count). The van der Waals surface area contributed by atoms with Gasteiger partial charge in [0.25, 0.3) is 5.56 Å². The molecule has 1 aliphatic rings. The van der Waals surface area contributed by atoms with E-state index in [4.69, 9.17) is 9.26 Å². The van der Waals surface area contributed by atoms with Crippen molar-refractivity contribution in [3.63, 3.8) is 0 Å². The number of hydrogen-bond donors (Lipinski definition) is 1. The Kier molecular flexibility index (Phi) is 6.05. The zero-order chi connectivity index (χ0) is 27.1. The zero-order valence-electron chi connectivity index (χ0n) is 21.1. The Morgan fingerprint density at radius 1 is 1.02 bits per heavy atom. The molecule has 196 valence electrons. The number of rotatable bonds is 6. The van der Waals surface area contributed by atoms with Crippen molar-refractivity contribution < 1.29 is 14.1 Å². The molecule has 6 aromatic rings. The van der Waals surface area contributed by atoms with Crippen LogP contribution in [0.25, 0.3) is 33.4 Å². The summed E-state index contributed by atoms with van der Waals surface area (Å²) in [5.41, 5.74) is 3.97. The molecule has 4 heterocycles. The van der Waals surface area contributed by atoms with Gasteiger partial charge in [-0.3, -0.25) is 9.36 Å². The Labute approximate surface area is 232 Å². The van der Waals surface area contributed by atoms with Gasteiger partial charge in [0, 0.05) is 35.8 Å². The number of esters is 1. The van der Waals surface area contributed by atoms with Gasteiger partial charge in [-0.1, -0.05) is 78.0 Å². The van der Waals surface area contributed by atoms with Crippen molar-refractivity contribution in [1.29, 1.82) is 0 Å². The van der Waals surface area contributed by atoms with Gasteiger partial charge in [-0.2, -0.15) is 0 Å². The van der Waals surface area contributed by atoms with Gasteiger partial charge in [-0.15, -0.1) is 11.8 Å². The number of pyridine rings is 1. The summed E-state index contributed by atoms with van der Waals surface area (Å²) in [6.45, 7) is 0. The lowest BCUT2D eigenvalue weighted by atomic mass is 9.95. The second-order valence-corrected chi connectivity index (χ2v) is 10.5. The average molecular weight is 547 g/mol. The average Bonchev–Trinajstić information content (AvgIpc) is 3.76. The van der Waals surface area contributed by atoms with Crippen LogP contribution in [0.5, 0.6) is 6.01 Å². The number of H-pyrrole nitrogens is 1. The number of fused-ring (bicyclic) bond motifs is 2. The van der Waals surface area contributed by atoms with Crippen molar-refractivity contribution >= 4 is 28.5 Å². The first kappa shape index (κ1) is 24.2. The van der Waals surface area contributed by atoms with Crippen LogP contribution < -0.4 is 10.3 Å². The number of carbonyl (C=O) groups is 1. The summed E-state index contributed by atoms with van der Waals surface area (Å²) in [6.07, 6.45) is 3.57. The summed E-state index contributed by atoms with van der Waals surface area (Å²) in [6, 6.07) is 26.9. The smallest absolute Gasteiger partial charge is 0.337 e. The number of aromatic amines is 1. The molecule has 0 bridgehead atoms. The summed E-state index contributed by atoms with van der Waals surface area (Å²) >= 11 is 1.43. The molecule has 8 nitrogen and oxygen atoms in total. The molecule has 0 amide bonds. The van der Waals surface area contributed by atoms with E-state index in [1.807, 2.05) is 54.6 Å². The Bertz CT molecular complexity index is 1910. The maximum absolute atomic E-state index is 13.6. The van der Waals surface area contributed by atoms with Gasteiger partial charge in [0.1, 0.15) is 11.7 Å². The largest absolute Gasteiger partial charge is 0.391 e. The second kappa shape index (κ2) is 10.0. The molecule has 0 fully saturated rings. The molecule has 0 aliphatic carbocycles. The van der Waals surface area contributed by atoms with Crippen LogP contribution in [0.3, 0.4) is 0 Å². The van der Waals surface area contributed by atoms with Crippen LogP contribution in [-0.2, 0) is 11.2 Å². The summed E-state index contributed by atoms with van der Waals surface area (Å²) in [4.78, 5) is 33.4. The first-order valence-electron chi connectivity index (χ1n) is 12.8. The summed E-state index contributed by atoms with van der Waals surface area (Å²) in [7, 11) is 0. The fraction of sp³-hybridized carbons (Fsp3) is 0.0968. The van der Waals surface area contributed by atoms with E-state index in [2.05, 4.69) is 39.4 Å². The van der Waals surface area contributed by atoms with E-state index in [1.165, 1.54) is 22.5 Å². The maximum atomic E-state index is 13.6. The van der Waals surface area contributed by atoms with Crippen LogP contribution >= 0.6 is 11.8 Å². The quantitative estimate of drug-likeness (QED) is 0.260. The number of nitrogens with one attached hydrogen (secondary N) is 1. The number of thioether (sulfide) groups is 1. The number of carbonyl (C=O) groups excluding carboxylic acids is 1. The topological polar surface area (TPSA) is 103 Å². The third-order valence-electron chi connectivity index (χ3n) is 7.01. The molecule has 0 spiro atoms. The van der Waals surface area contributed by atoms with Crippen molar-refractivity contribution in [3.05, 3.63) is 119 Å².